The first-order valence-electron chi connectivity index (χ1n) is 11.6. The largest absolute Gasteiger partial charge is 0.497 e. The summed E-state index contributed by atoms with van der Waals surface area (Å²) >= 11 is 0. The van der Waals surface area contributed by atoms with Gasteiger partial charge in [-0.3, -0.25) is 14.8 Å². The lowest BCUT2D eigenvalue weighted by atomic mass is 9.89. The number of nitrogens with zero attached hydrogens (tertiary/aromatic N) is 2. The molecule has 1 aliphatic carbocycles. The lowest BCUT2D eigenvalue weighted by molar-refractivity contribution is 0.102. The summed E-state index contributed by atoms with van der Waals surface area (Å²) in [7, 11) is 1.67. The van der Waals surface area contributed by atoms with Gasteiger partial charge in [-0.25, -0.2) is 0 Å². The maximum atomic E-state index is 13.2. The van der Waals surface area contributed by atoms with Crippen LogP contribution in [-0.2, 0) is 32.5 Å². The predicted octanol–water partition coefficient (Wildman–Crippen LogP) is 4.95. The van der Waals surface area contributed by atoms with Crippen molar-refractivity contribution < 1.29 is 9.53 Å². The van der Waals surface area contributed by atoms with Gasteiger partial charge >= 0.3 is 0 Å². The summed E-state index contributed by atoms with van der Waals surface area (Å²) in [4.78, 5) is 15.6. The van der Waals surface area contributed by atoms with E-state index in [0.29, 0.717) is 5.69 Å². The number of ether oxygens (including phenoxy) is 1. The van der Waals surface area contributed by atoms with Gasteiger partial charge < -0.3 is 10.1 Å². The minimum absolute atomic E-state index is 0.148. The van der Waals surface area contributed by atoms with Crippen LogP contribution in [0, 0.1) is 0 Å². The number of fused-ring (bicyclic) bond motifs is 4. The Morgan fingerprint density at radius 2 is 1.85 bits per heavy atom. The average molecular weight is 451 g/mol. The lowest BCUT2D eigenvalue weighted by Crippen LogP contribution is -2.16. The highest BCUT2D eigenvalue weighted by Gasteiger charge is 2.26. The molecule has 170 valence electrons. The van der Waals surface area contributed by atoms with Crippen LogP contribution in [0.1, 0.15) is 38.3 Å². The first kappa shape index (κ1) is 20.7. The third-order valence-corrected chi connectivity index (χ3v) is 6.81. The molecule has 2 N–H and O–H groups in total. The number of methoxy groups -OCH3 is 1. The summed E-state index contributed by atoms with van der Waals surface area (Å²) in [6, 6.07) is 22.8. The van der Waals surface area contributed by atoms with Crippen molar-refractivity contribution in [3.05, 3.63) is 100 Å². The Balaban J connectivity index is 1.18. The van der Waals surface area contributed by atoms with Crippen molar-refractivity contribution in [2.45, 2.75) is 32.5 Å². The number of carbonyl (C=O) groups excluding carboxylic acids is 1. The van der Waals surface area contributed by atoms with Crippen LogP contribution < -0.4 is 10.1 Å². The molecule has 4 aromatic rings. The predicted molar refractivity (Wildman–Crippen MR) is 132 cm³/mol. The fourth-order valence-corrected chi connectivity index (χ4v) is 5.10. The lowest BCUT2D eigenvalue weighted by Gasteiger charge is -2.17. The van der Waals surface area contributed by atoms with Gasteiger partial charge in [0.1, 0.15) is 11.4 Å². The maximum absolute atomic E-state index is 13.2. The van der Waals surface area contributed by atoms with Crippen LogP contribution in [0.25, 0.3) is 11.3 Å². The quantitative estimate of drug-likeness (QED) is 0.451. The zero-order valence-corrected chi connectivity index (χ0v) is 19.1. The average Bonchev–Trinajstić information content (AvgIpc) is 3.47. The summed E-state index contributed by atoms with van der Waals surface area (Å²) in [5.74, 6) is 0.694. The third-order valence-electron chi connectivity index (χ3n) is 6.81. The molecule has 0 bridgehead atoms. The number of H-pyrrole nitrogens is 1. The highest BCUT2D eigenvalue weighted by molar-refractivity contribution is 6.05. The van der Waals surface area contributed by atoms with E-state index >= 15 is 0 Å². The summed E-state index contributed by atoms with van der Waals surface area (Å²) in [6.07, 6.45) is 1.63. The van der Waals surface area contributed by atoms with Crippen molar-refractivity contribution in [2.75, 3.05) is 12.4 Å². The monoisotopic (exact) mass is 450 g/mol. The van der Waals surface area contributed by atoms with Crippen LogP contribution in [-0.4, -0.2) is 28.1 Å². The molecule has 0 radical (unpaired) electrons. The van der Waals surface area contributed by atoms with Gasteiger partial charge in [0.05, 0.1) is 12.8 Å². The Morgan fingerprint density at radius 3 is 2.71 bits per heavy atom. The number of hydrogen-bond acceptors (Lipinski definition) is 4. The molecule has 1 aromatic heterocycles. The van der Waals surface area contributed by atoms with E-state index < -0.39 is 0 Å². The second kappa shape index (κ2) is 8.47. The molecular formula is C28H26N4O2. The second-order valence-electron chi connectivity index (χ2n) is 9.02. The van der Waals surface area contributed by atoms with Crippen LogP contribution in [0.5, 0.6) is 5.75 Å². The molecule has 1 amide bonds. The van der Waals surface area contributed by atoms with E-state index in [-0.39, 0.29) is 5.91 Å². The molecule has 2 heterocycles. The van der Waals surface area contributed by atoms with Gasteiger partial charge in [0, 0.05) is 36.4 Å². The normalized spacial score (nSPS) is 14.3. The number of rotatable bonds is 5. The van der Waals surface area contributed by atoms with Gasteiger partial charge in [0.15, 0.2) is 0 Å². The Bertz CT molecular complexity index is 1380. The molecule has 3 aromatic carbocycles. The van der Waals surface area contributed by atoms with Crippen molar-refractivity contribution in [1.82, 2.24) is 15.1 Å². The highest BCUT2D eigenvalue weighted by atomic mass is 16.5. The molecule has 0 spiro atoms. The number of aryl methyl sites for hydroxylation is 1. The Labute approximate surface area is 198 Å². The van der Waals surface area contributed by atoms with Gasteiger partial charge in [-0.1, -0.05) is 36.4 Å². The summed E-state index contributed by atoms with van der Waals surface area (Å²) in [5, 5.41) is 10.6. The number of anilines is 1. The molecule has 6 nitrogen and oxygen atoms in total. The fourth-order valence-electron chi connectivity index (χ4n) is 5.10. The van der Waals surface area contributed by atoms with Gasteiger partial charge in [0.25, 0.3) is 5.91 Å². The molecule has 6 rings (SSSR count). The van der Waals surface area contributed by atoms with Gasteiger partial charge in [-0.2, -0.15) is 5.10 Å². The molecule has 34 heavy (non-hydrogen) atoms. The van der Waals surface area contributed by atoms with E-state index in [1.54, 1.807) is 7.11 Å². The Kier molecular flexibility index (Phi) is 5.15. The molecular weight excluding hydrogens is 424 g/mol. The van der Waals surface area contributed by atoms with Crippen LogP contribution >= 0.6 is 0 Å². The topological polar surface area (TPSA) is 70.2 Å². The van der Waals surface area contributed by atoms with Gasteiger partial charge in [-0.15, -0.1) is 0 Å². The van der Waals surface area contributed by atoms with Crippen molar-refractivity contribution >= 4 is 11.6 Å². The minimum atomic E-state index is -0.148. The number of aromatic nitrogens is 2. The minimum Gasteiger partial charge on any atom is -0.497 e. The SMILES string of the molecule is COc1ccc2c(c1)CCc1c-2n[nH]c1C(=O)Nc1ccc2c(c1)CN(Cc1ccccc1)C2. The number of benzene rings is 3. The summed E-state index contributed by atoms with van der Waals surface area (Å²) in [5.41, 5.74) is 9.36. The highest BCUT2D eigenvalue weighted by Crippen LogP contribution is 2.36. The number of nitrogens with one attached hydrogen (secondary N) is 2. The Morgan fingerprint density at radius 1 is 1.00 bits per heavy atom. The Hall–Kier alpha value is -3.90. The number of aromatic amines is 1. The van der Waals surface area contributed by atoms with Gasteiger partial charge in [0.2, 0.25) is 0 Å². The molecule has 0 saturated heterocycles. The molecule has 0 fully saturated rings. The zero-order valence-electron chi connectivity index (χ0n) is 19.1. The van der Waals surface area contributed by atoms with E-state index in [4.69, 9.17) is 4.74 Å². The molecule has 1 aliphatic heterocycles. The van der Waals surface area contributed by atoms with Gasteiger partial charge in [-0.05, 0) is 65.4 Å². The van der Waals surface area contributed by atoms with Crippen LogP contribution in [0.3, 0.4) is 0 Å². The molecule has 0 atom stereocenters. The molecule has 6 heteroatoms. The first-order chi connectivity index (χ1) is 16.7. The number of hydrogen-bond donors (Lipinski definition) is 2. The van der Waals surface area contributed by atoms with E-state index in [9.17, 15) is 4.79 Å². The zero-order chi connectivity index (χ0) is 23.1. The summed E-state index contributed by atoms with van der Waals surface area (Å²) in [6.45, 7) is 2.73. The van der Waals surface area contributed by atoms with Crippen LogP contribution in [0.15, 0.2) is 66.7 Å². The van der Waals surface area contributed by atoms with Crippen molar-refractivity contribution in [2.24, 2.45) is 0 Å². The van der Waals surface area contributed by atoms with E-state index in [0.717, 1.165) is 60.7 Å². The number of amides is 1. The summed E-state index contributed by atoms with van der Waals surface area (Å²) < 4.78 is 5.35. The van der Waals surface area contributed by atoms with Crippen molar-refractivity contribution in [3.63, 3.8) is 0 Å². The molecule has 2 aliphatic rings. The fraction of sp³-hybridized carbons (Fsp3) is 0.214. The van der Waals surface area contributed by atoms with E-state index in [1.165, 1.54) is 22.3 Å². The van der Waals surface area contributed by atoms with Crippen molar-refractivity contribution in [3.8, 4) is 17.0 Å². The first-order valence-corrected chi connectivity index (χ1v) is 11.6. The van der Waals surface area contributed by atoms with Crippen molar-refractivity contribution in [1.29, 1.82) is 0 Å². The smallest absolute Gasteiger partial charge is 0.273 e. The van der Waals surface area contributed by atoms with Crippen LogP contribution in [0.4, 0.5) is 5.69 Å². The maximum Gasteiger partial charge on any atom is 0.273 e. The molecule has 0 saturated carbocycles. The number of carbonyl (C=O) groups is 1. The van der Waals surface area contributed by atoms with Crippen LogP contribution in [0.2, 0.25) is 0 Å². The third kappa shape index (κ3) is 3.76. The van der Waals surface area contributed by atoms with E-state index in [1.807, 2.05) is 24.3 Å². The van der Waals surface area contributed by atoms with E-state index in [2.05, 4.69) is 62.9 Å². The standard InChI is InChI=1S/C28H26N4O2/c1-34-23-10-12-24-19(14-23)8-11-25-26(24)30-31-27(25)28(33)29-22-9-7-20-16-32(17-21(20)13-22)15-18-5-3-2-4-6-18/h2-7,9-10,12-14H,8,11,15-17H2,1H3,(H,29,33)(H,30,31). The molecule has 0 unspecified atom stereocenters. The second-order valence-corrected chi connectivity index (χ2v) is 9.02.